The molecule has 0 amide bonds. The Morgan fingerprint density at radius 2 is 1.21 bits per heavy atom. The van der Waals surface area contributed by atoms with Crippen LogP contribution in [0.3, 0.4) is 0 Å². The van der Waals surface area contributed by atoms with Gasteiger partial charge in [-0.25, -0.2) is 0 Å². The molecule has 4 aliphatic rings. The van der Waals surface area contributed by atoms with Crippen molar-refractivity contribution in [2.75, 3.05) is 9.80 Å². The van der Waals surface area contributed by atoms with Crippen LogP contribution in [0.4, 0.5) is 28.4 Å². The number of rotatable bonds is 3. The van der Waals surface area contributed by atoms with Crippen LogP contribution in [0.1, 0.15) is 50.7 Å². The third kappa shape index (κ3) is 3.65. The van der Waals surface area contributed by atoms with Gasteiger partial charge in [-0.3, -0.25) is 0 Å². The minimum atomic E-state index is 0.0323. The van der Waals surface area contributed by atoms with Crippen LogP contribution < -0.4 is 26.2 Å². The second kappa shape index (κ2) is 10.00. The topological polar surface area (TPSA) is 6.48 Å². The van der Waals surface area contributed by atoms with E-state index in [1.807, 2.05) is 0 Å². The first-order chi connectivity index (χ1) is 23.5. The number of hydrogen-bond acceptors (Lipinski definition) is 2. The lowest BCUT2D eigenvalue weighted by molar-refractivity contribution is 0.195. The van der Waals surface area contributed by atoms with Crippen molar-refractivity contribution in [1.29, 1.82) is 0 Å². The number of para-hydroxylation sites is 1. The summed E-state index contributed by atoms with van der Waals surface area (Å²) < 4.78 is 0. The van der Waals surface area contributed by atoms with Gasteiger partial charge in [-0.1, -0.05) is 123 Å². The maximum atomic E-state index is 2.82. The lowest BCUT2D eigenvalue weighted by atomic mass is 9.33. The standard InChI is InChI=1S/C45H39BN2/c1-30-27-40-42-41(28-30)48-43-36(44(2)25-10-11-26-45(44,48)3)17-12-18-37(43)46(42)38-29-34(32-15-8-5-9-16-32)21-24-39(38)47(40)35-22-19-33(20-23-35)31-13-6-4-7-14-31/h4-9,12-24,27-29H,10-11,25-26H2,1-3H3. The molecule has 6 aromatic carbocycles. The Balaban J connectivity index is 1.26. The van der Waals surface area contributed by atoms with E-state index >= 15 is 0 Å². The van der Waals surface area contributed by atoms with Gasteiger partial charge in [-0.2, -0.15) is 0 Å². The molecule has 3 heterocycles. The zero-order chi connectivity index (χ0) is 32.2. The Morgan fingerprint density at radius 1 is 0.562 bits per heavy atom. The molecule has 48 heavy (non-hydrogen) atoms. The van der Waals surface area contributed by atoms with E-state index < -0.39 is 0 Å². The summed E-state index contributed by atoms with van der Waals surface area (Å²) in [6.45, 7) is 7.58. The van der Waals surface area contributed by atoms with Gasteiger partial charge < -0.3 is 9.80 Å². The summed E-state index contributed by atoms with van der Waals surface area (Å²) in [5, 5.41) is 0. The highest BCUT2D eigenvalue weighted by molar-refractivity contribution is 7.00. The first-order valence-corrected chi connectivity index (χ1v) is 17.7. The summed E-state index contributed by atoms with van der Waals surface area (Å²) in [7, 11) is 0. The molecule has 2 nitrogen and oxygen atoms in total. The van der Waals surface area contributed by atoms with Crippen LogP contribution in [-0.2, 0) is 5.41 Å². The fourth-order valence-electron chi connectivity index (χ4n) is 9.94. The molecule has 1 aliphatic carbocycles. The zero-order valence-corrected chi connectivity index (χ0v) is 28.0. The molecule has 0 spiro atoms. The summed E-state index contributed by atoms with van der Waals surface area (Å²) in [6, 6.07) is 50.2. The van der Waals surface area contributed by atoms with Crippen molar-refractivity contribution < 1.29 is 0 Å². The number of nitrogens with zero attached hydrogens (tertiary/aromatic N) is 2. The Kier molecular flexibility index (Phi) is 5.84. The van der Waals surface area contributed by atoms with Gasteiger partial charge in [0.15, 0.2) is 0 Å². The highest BCUT2D eigenvalue weighted by atomic mass is 15.3. The number of anilines is 5. The second-order valence-corrected chi connectivity index (χ2v) is 14.9. The van der Waals surface area contributed by atoms with Gasteiger partial charge in [0.1, 0.15) is 0 Å². The van der Waals surface area contributed by atoms with Gasteiger partial charge >= 0.3 is 0 Å². The summed E-state index contributed by atoms with van der Waals surface area (Å²) in [5.74, 6) is 0. The maximum Gasteiger partial charge on any atom is 0.252 e. The summed E-state index contributed by atoms with van der Waals surface area (Å²) >= 11 is 0. The molecule has 0 aromatic heterocycles. The first-order valence-electron chi connectivity index (χ1n) is 17.7. The van der Waals surface area contributed by atoms with E-state index in [1.165, 1.54) is 98.3 Å². The number of hydrogen-bond donors (Lipinski definition) is 0. The number of benzene rings is 6. The van der Waals surface area contributed by atoms with Crippen LogP contribution in [0.25, 0.3) is 22.3 Å². The molecule has 0 bridgehead atoms. The van der Waals surface area contributed by atoms with E-state index in [0.717, 1.165) is 0 Å². The monoisotopic (exact) mass is 618 g/mol. The van der Waals surface area contributed by atoms with Gasteiger partial charge in [-0.05, 0) is 107 Å². The molecule has 2 atom stereocenters. The summed E-state index contributed by atoms with van der Waals surface area (Å²) in [6.07, 6.45) is 5.04. The van der Waals surface area contributed by atoms with E-state index in [2.05, 4.69) is 164 Å². The van der Waals surface area contributed by atoms with Gasteiger partial charge in [0.2, 0.25) is 0 Å². The van der Waals surface area contributed by atoms with E-state index in [-0.39, 0.29) is 17.7 Å². The van der Waals surface area contributed by atoms with Crippen molar-refractivity contribution in [1.82, 2.24) is 0 Å². The molecular formula is C45H39BN2. The van der Waals surface area contributed by atoms with Crippen molar-refractivity contribution in [2.45, 2.75) is 57.4 Å². The fourth-order valence-corrected chi connectivity index (χ4v) is 9.94. The fraction of sp³-hybridized carbons (Fsp3) is 0.200. The summed E-state index contributed by atoms with van der Waals surface area (Å²) in [5.41, 5.74) is 19.0. The largest absolute Gasteiger partial charge is 0.335 e. The molecule has 232 valence electrons. The average molecular weight is 619 g/mol. The summed E-state index contributed by atoms with van der Waals surface area (Å²) in [4.78, 5) is 5.37. The van der Waals surface area contributed by atoms with Gasteiger partial charge in [0.25, 0.3) is 6.71 Å². The van der Waals surface area contributed by atoms with Crippen LogP contribution in [0.2, 0.25) is 0 Å². The van der Waals surface area contributed by atoms with Crippen molar-refractivity contribution in [3.8, 4) is 22.3 Å². The molecule has 0 radical (unpaired) electrons. The predicted octanol–water partition coefficient (Wildman–Crippen LogP) is 9.68. The van der Waals surface area contributed by atoms with Crippen LogP contribution >= 0.6 is 0 Å². The molecule has 3 heteroatoms. The van der Waals surface area contributed by atoms with Crippen molar-refractivity contribution in [3.63, 3.8) is 0 Å². The van der Waals surface area contributed by atoms with Crippen LogP contribution in [-0.4, -0.2) is 12.3 Å². The van der Waals surface area contributed by atoms with Crippen molar-refractivity contribution in [2.24, 2.45) is 0 Å². The Labute approximate surface area is 284 Å². The minimum absolute atomic E-state index is 0.0323. The van der Waals surface area contributed by atoms with Crippen molar-refractivity contribution >= 4 is 51.5 Å². The third-order valence-corrected chi connectivity index (χ3v) is 12.4. The third-order valence-electron chi connectivity index (χ3n) is 12.4. The maximum absolute atomic E-state index is 2.82. The molecule has 1 saturated carbocycles. The molecule has 0 N–H and O–H groups in total. The highest BCUT2D eigenvalue weighted by Crippen LogP contribution is 2.61. The van der Waals surface area contributed by atoms with E-state index in [1.54, 1.807) is 5.56 Å². The molecule has 6 aromatic rings. The van der Waals surface area contributed by atoms with Crippen LogP contribution in [0, 0.1) is 6.92 Å². The predicted molar refractivity (Wildman–Crippen MR) is 204 cm³/mol. The average Bonchev–Trinajstić information content (AvgIpc) is 3.34. The molecule has 0 saturated heterocycles. The molecule has 2 unspecified atom stereocenters. The Hall–Kier alpha value is -5.02. The smallest absolute Gasteiger partial charge is 0.252 e. The molecule has 10 rings (SSSR count). The van der Waals surface area contributed by atoms with E-state index in [4.69, 9.17) is 0 Å². The van der Waals surface area contributed by atoms with Crippen molar-refractivity contribution in [3.05, 3.63) is 145 Å². The Bertz CT molecular complexity index is 2240. The SMILES string of the molecule is Cc1cc2c3c(c1)N1c4c(cccc4C4(C)CCCCC14C)B3c1cc(-c3ccccc3)ccc1N2c1ccc(-c2ccccc2)cc1. The minimum Gasteiger partial charge on any atom is -0.335 e. The van der Waals surface area contributed by atoms with Gasteiger partial charge in [-0.15, -0.1) is 0 Å². The normalized spacial score (nSPS) is 21.4. The molecular weight excluding hydrogens is 579 g/mol. The lowest BCUT2D eigenvalue weighted by Crippen LogP contribution is -2.64. The van der Waals surface area contributed by atoms with E-state index in [0.29, 0.717) is 0 Å². The Morgan fingerprint density at radius 3 is 1.96 bits per heavy atom. The zero-order valence-electron chi connectivity index (χ0n) is 28.0. The number of fused-ring (bicyclic) bond motifs is 7. The molecule has 3 aliphatic heterocycles. The van der Waals surface area contributed by atoms with Crippen LogP contribution in [0.5, 0.6) is 0 Å². The van der Waals surface area contributed by atoms with E-state index in [9.17, 15) is 0 Å². The lowest BCUT2D eigenvalue weighted by Gasteiger charge is -2.52. The number of aryl methyl sites for hydroxylation is 1. The highest BCUT2D eigenvalue weighted by Gasteiger charge is 2.61. The van der Waals surface area contributed by atoms with Gasteiger partial charge in [0.05, 0.1) is 5.54 Å². The first kappa shape index (κ1) is 28.0. The molecule has 1 fully saturated rings. The quantitative estimate of drug-likeness (QED) is 0.182. The van der Waals surface area contributed by atoms with Crippen LogP contribution in [0.15, 0.2) is 133 Å². The second-order valence-electron chi connectivity index (χ2n) is 14.9. The van der Waals surface area contributed by atoms with Gasteiger partial charge in [0, 0.05) is 33.9 Å².